The average Bonchev–Trinajstić information content (AvgIpc) is 3.44. The van der Waals surface area contributed by atoms with Gasteiger partial charge in [0, 0.05) is 12.6 Å². The molecule has 0 radical (unpaired) electrons. The van der Waals surface area contributed by atoms with E-state index in [4.69, 9.17) is 0 Å². The molecular formula is C28H45N5O6. The second-order valence-corrected chi connectivity index (χ2v) is 12.0. The minimum Gasteiger partial charge on any atom is -0.347 e. The highest BCUT2D eigenvalue weighted by Gasteiger charge is 2.51. The van der Waals surface area contributed by atoms with Gasteiger partial charge in [0.15, 0.2) is 0 Å². The zero-order valence-corrected chi connectivity index (χ0v) is 23.8. The van der Waals surface area contributed by atoms with Gasteiger partial charge in [0.05, 0.1) is 6.04 Å². The lowest BCUT2D eigenvalue weighted by atomic mass is 9.92. The summed E-state index contributed by atoms with van der Waals surface area (Å²) in [5.74, 6) is -2.93. The Morgan fingerprint density at radius 3 is 2.15 bits per heavy atom. The van der Waals surface area contributed by atoms with E-state index >= 15 is 0 Å². The van der Waals surface area contributed by atoms with Crippen molar-refractivity contribution in [2.45, 2.75) is 110 Å². The summed E-state index contributed by atoms with van der Waals surface area (Å²) >= 11 is 0. The first-order chi connectivity index (χ1) is 18.5. The molecule has 3 fully saturated rings. The molecular weight excluding hydrogens is 502 g/mol. The fourth-order valence-corrected chi connectivity index (χ4v) is 5.90. The Labute approximate surface area is 231 Å². The molecule has 0 aromatic heterocycles. The molecule has 39 heavy (non-hydrogen) atoms. The van der Waals surface area contributed by atoms with Crippen LogP contribution in [0.3, 0.4) is 0 Å². The highest BCUT2D eigenvalue weighted by molar-refractivity contribution is 6.38. The lowest BCUT2D eigenvalue weighted by Crippen LogP contribution is -2.60. The standard InChI is InChI=1S/C28H45N5O6/c1-6-8-20(24(35)27(38)30-18-11-12-18)31-26(37)23-19-10-7-9-17(19)13-33(23)28(39)22(16(4)5)32-25(36)21(15(2)3)29-14-34/h14-23H,6-13H2,1-5H3,(H,29,34)(H,30,38)(H,31,37)(H,32,36)/t17-,19-,20?,21+,22-,23-/m0/s1. The molecule has 2 aliphatic carbocycles. The van der Waals surface area contributed by atoms with Crippen LogP contribution in [-0.2, 0) is 28.8 Å². The van der Waals surface area contributed by atoms with Crippen molar-refractivity contribution in [1.29, 1.82) is 0 Å². The number of likely N-dealkylation sites (tertiary alicyclic amines) is 1. The first-order valence-electron chi connectivity index (χ1n) is 14.5. The molecule has 4 N–H and O–H groups in total. The van der Waals surface area contributed by atoms with Crippen LogP contribution in [0, 0.1) is 23.7 Å². The second-order valence-electron chi connectivity index (χ2n) is 12.0. The van der Waals surface area contributed by atoms with E-state index in [0.29, 0.717) is 25.8 Å². The minimum atomic E-state index is -0.958. The molecule has 3 rings (SSSR count). The predicted octanol–water partition coefficient (Wildman–Crippen LogP) is 0.658. The molecule has 0 aromatic rings. The van der Waals surface area contributed by atoms with Crippen LogP contribution in [0.4, 0.5) is 0 Å². The van der Waals surface area contributed by atoms with Gasteiger partial charge in [-0.25, -0.2) is 0 Å². The molecule has 1 unspecified atom stereocenters. The van der Waals surface area contributed by atoms with Gasteiger partial charge in [-0.15, -0.1) is 0 Å². The smallest absolute Gasteiger partial charge is 0.289 e. The summed E-state index contributed by atoms with van der Waals surface area (Å²) in [4.78, 5) is 78.6. The third kappa shape index (κ3) is 7.36. The minimum absolute atomic E-state index is 0.0295. The third-order valence-electron chi connectivity index (χ3n) is 8.22. The van der Waals surface area contributed by atoms with E-state index in [2.05, 4.69) is 21.3 Å². The number of carbonyl (C=O) groups is 6. The molecule has 1 heterocycles. The van der Waals surface area contributed by atoms with Crippen molar-refractivity contribution in [3.05, 3.63) is 0 Å². The zero-order chi connectivity index (χ0) is 28.9. The predicted molar refractivity (Wildman–Crippen MR) is 144 cm³/mol. The fourth-order valence-electron chi connectivity index (χ4n) is 5.90. The molecule has 0 bridgehead atoms. The van der Waals surface area contributed by atoms with E-state index < -0.39 is 47.7 Å². The van der Waals surface area contributed by atoms with Crippen LogP contribution in [0.1, 0.15) is 79.6 Å². The number of hydrogen-bond donors (Lipinski definition) is 4. The molecule has 11 nitrogen and oxygen atoms in total. The summed E-state index contributed by atoms with van der Waals surface area (Å²) in [7, 11) is 0. The summed E-state index contributed by atoms with van der Waals surface area (Å²) in [6.07, 6.45) is 5.74. The van der Waals surface area contributed by atoms with Crippen LogP contribution < -0.4 is 21.3 Å². The fraction of sp³-hybridized carbons (Fsp3) is 0.786. The number of ketones is 1. The van der Waals surface area contributed by atoms with Crippen LogP contribution in [0.15, 0.2) is 0 Å². The number of amides is 5. The highest BCUT2D eigenvalue weighted by atomic mass is 16.2. The number of hydrogen-bond acceptors (Lipinski definition) is 6. The Bertz CT molecular complexity index is 949. The molecule has 5 amide bonds. The van der Waals surface area contributed by atoms with Crippen molar-refractivity contribution in [3.8, 4) is 0 Å². The maximum Gasteiger partial charge on any atom is 0.289 e. The van der Waals surface area contributed by atoms with Crippen LogP contribution in [0.5, 0.6) is 0 Å². The number of rotatable bonds is 14. The van der Waals surface area contributed by atoms with E-state index in [1.807, 2.05) is 20.8 Å². The first-order valence-corrected chi connectivity index (χ1v) is 14.5. The van der Waals surface area contributed by atoms with Gasteiger partial charge >= 0.3 is 0 Å². The van der Waals surface area contributed by atoms with Crippen molar-refractivity contribution in [2.75, 3.05) is 6.54 Å². The molecule has 2 saturated carbocycles. The van der Waals surface area contributed by atoms with Crippen molar-refractivity contribution in [3.63, 3.8) is 0 Å². The molecule has 1 saturated heterocycles. The maximum absolute atomic E-state index is 13.9. The van der Waals surface area contributed by atoms with Crippen LogP contribution >= 0.6 is 0 Å². The summed E-state index contributed by atoms with van der Waals surface area (Å²) in [6.45, 7) is 9.52. The molecule has 6 atom stereocenters. The molecule has 1 aliphatic heterocycles. The van der Waals surface area contributed by atoms with Crippen LogP contribution in [-0.4, -0.2) is 77.5 Å². The quantitative estimate of drug-likeness (QED) is 0.185. The van der Waals surface area contributed by atoms with E-state index in [-0.39, 0.29) is 35.6 Å². The van der Waals surface area contributed by atoms with Gasteiger partial charge < -0.3 is 26.2 Å². The monoisotopic (exact) mass is 547 g/mol. The number of nitrogens with zero attached hydrogens (tertiary/aromatic N) is 1. The Kier molecular flexibility index (Phi) is 10.5. The van der Waals surface area contributed by atoms with Gasteiger partial charge in [0.1, 0.15) is 18.1 Å². The second kappa shape index (κ2) is 13.4. The van der Waals surface area contributed by atoms with Gasteiger partial charge in [-0.2, -0.15) is 0 Å². The zero-order valence-electron chi connectivity index (χ0n) is 23.8. The van der Waals surface area contributed by atoms with Crippen molar-refractivity contribution < 1.29 is 28.8 Å². The average molecular weight is 548 g/mol. The summed E-state index contributed by atoms with van der Waals surface area (Å²) in [6, 6.07) is -3.40. The Morgan fingerprint density at radius 2 is 1.59 bits per heavy atom. The summed E-state index contributed by atoms with van der Waals surface area (Å²) in [5.41, 5.74) is 0. The number of nitrogens with one attached hydrogen (secondary N) is 4. The van der Waals surface area contributed by atoms with Crippen molar-refractivity contribution in [1.82, 2.24) is 26.2 Å². The van der Waals surface area contributed by atoms with Crippen LogP contribution in [0.25, 0.3) is 0 Å². The highest BCUT2D eigenvalue weighted by Crippen LogP contribution is 2.42. The first kappa shape index (κ1) is 30.6. The van der Waals surface area contributed by atoms with Gasteiger partial charge in [-0.05, 0) is 55.8 Å². The number of carbonyl (C=O) groups excluding carboxylic acids is 6. The molecule has 3 aliphatic rings. The molecule has 0 aromatic carbocycles. The van der Waals surface area contributed by atoms with Gasteiger partial charge in [-0.3, -0.25) is 28.8 Å². The van der Waals surface area contributed by atoms with Crippen LogP contribution in [0.2, 0.25) is 0 Å². The van der Waals surface area contributed by atoms with E-state index in [1.165, 1.54) is 0 Å². The summed E-state index contributed by atoms with van der Waals surface area (Å²) < 4.78 is 0. The van der Waals surface area contributed by atoms with E-state index in [0.717, 1.165) is 32.1 Å². The number of fused-ring (bicyclic) bond motifs is 1. The van der Waals surface area contributed by atoms with Crippen molar-refractivity contribution >= 4 is 35.8 Å². The Balaban J connectivity index is 1.79. The topological polar surface area (TPSA) is 154 Å². The normalized spacial score (nSPS) is 24.5. The lowest BCUT2D eigenvalue weighted by molar-refractivity contribution is -0.145. The largest absolute Gasteiger partial charge is 0.347 e. The third-order valence-corrected chi connectivity index (χ3v) is 8.22. The van der Waals surface area contributed by atoms with E-state index in [1.54, 1.807) is 18.7 Å². The molecule has 0 spiro atoms. The Morgan fingerprint density at radius 1 is 0.923 bits per heavy atom. The SMILES string of the molecule is CCCC(NC(=O)[C@@H]1[C@H]2CCC[C@H]2CN1C(=O)[C@@H](NC(=O)[C@H](NC=O)C(C)C)C(C)C)C(=O)C(=O)NC1CC1. The molecule has 11 heteroatoms. The summed E-state index contributed by atoms with van der Waals surface area (Å²) in [5, 5.41) is 10.8. The van der Waals surface area contributed by atoms with Gasteiger partial charge in [0.25, 0.3) is 5.91 Å². The maximum atomic E-state index is 13.9. The number of Topliss-reactive ketones (excluding diaryl/α,β-unsaturated/α-hetero) is 1. The van der Waals surface area contributed by atoms with E-state index in [9.17, 15) is 28.8 Å². The Hall–Kier alpha value is -2.98. The van der Waals surface area contributed by atoms with Gasteiger partial charge in [-0.1, -0.05) is 47.5 Å². The lowest BCUT2D eigenvalue weighted by Gasteiger charge is -2.33. The van der Waals surface area contributed by atoms with Crippen molar-refractivity contribution in [2.24, 2.45) is 23.7 Å². The molecule has 218 valence electrons. The van der Waals surface area contributed by atoms with Gasteiger partial charge in [0.2, 0.25) is 29.9 Å².